The lowest BCUT2D eigenvalue weighted by Crippen LogP contribution is -2.52. The molecule has 132 valence electrons. The van der Waals surface area contributed by atoms with Crippen molar-refractivity contribution in [2.24, 2.45) is 0 Å². The topological polar surface area (TPSA) is 83.9 Å². The molecule has 0 aromatic carbocycles. The molecule has 2 unspecified atom stereocenters. The third-order valence-corrected chi connectivity index (χ3v) is 4.37. The van der Waals surface area contributed by atoms with Crippen LogP contribution >= 0.6 is 0 Å². The fourth-order valence-electron chi connectivity index (χ4n) is 2.63. The van der Waals surface area contributed by atoms with Gasteiger partial charge < -0.3 is 19.5 Å². The van der Waals surface area contributed by atoms with E-state index in [2.05, 4.69) is 0 Å². The normalized spacial score (nSPS) is 20.4. The third-order valence-electron chi connectivity index (χ3n) is 4.37. The molecule has 7 heteroatoms. The maximum atomic E-state index is 11.8. The average Bonchev–Trinajstić information content (AvgIpc) is 2.80. The Balaban J connectivity index is 2.48. The van der Waals surface area contributed by atoms with E-state index < -0.39 is 5.97 Å². The predicted molar refractivity (Wildman–Crippen MR) is 84.3 cm³/mol. The van der Waals surface area contributed by atoms with Crippen LogP contribution in [0.4, 0.5) is 0 Å². The molecule has 7 nitrogen and oxygen atoms in total. The molecule has 0 aromatic heterocycles. The highest BCUT2D eigenvalue weighted by Crippen LogP contribution is 2.18. The van der Waals surface area contributed by atoms with E-state index in [0.29, 0.717) is 30.5 Å². The molecule has 0 radical (unpaired) electrons. The Morgan fingerprint density at radius 1 is 1.35 bits per heavy atom. The van der Waals surface area contributed by atoms with E-state index in [0.717, 1.165) is 6.42 Å². The van der Waals surface area contributed by atoms with Crippen molar-refractivity contribution in [3.05, 3.63) is 0 Å². The van der Waals surface area contributed by atoms with Crippen molar-refractivity contribution in [2.75, 3.05) is 40.0 Å². The highest BCUT2D eigenvalue weighted by atomic mass is 16.5. The van der Waals surface area contributed by atoms with E-state index in [9.17, 15) is 19.5 Å². The van der Waals surface area contributed by atoms with E-state index in [1.54, 1.807) is 0 Å². The molecule has 0 saturated carbocycles. The van der Waals surface area contributed by atoms with Gasteiger partial charge in [-0.05, 0) is 20.3 Å². The SMILES string of the molecule is CC(=O)CCC(=O)OC[N+](C)(CCO)CCN1C(=O)CCC1C. The molecule has 1 saturated heterocycles. The number of rotatable bonds is 10. The smallest absolute Gasteiger partial charge is 0.310 e. The Bertz CT molecular complexity index is 440. The van der Waals surface area contributed by atoms with Gasteiger partial charge in [-0.15, -0.1) is 0 Å². The molecular formula is C16H29N2O5+. The first-order chi connectivity index (χ1) is 10.8. The number of nitrogens with zero attached hydrogens (tertiary/aromatic N) is 2. The molecule has 1 rings (SSSR count). The summed E-state index contributed by atoms with van der Waals surface area (Å²) in [6.45, 7) is 5.21. The number of Topliss-reactive ketones (excluding diaryl/α,β-unsaturated/α-hetero) is 1. The summed E-state index contributed by atoms with van der Waals surface area (Å²) in [5.74, 6) is -0.296. The molecule has 23 heavy (non-hydrogen) atoms. The Morgan fingerprint density at radius 2 is 2.04 bits per heavy atom. The molecule has 0 aromatic rings. The number of carbonyl (C=O) groups is 3. The van der Waals surface area contributed by atoms with Gasteiger partial charge in [0.25, 0.3) is 0 Å². The summed E-state index contributed by atoms with van der Waals surface area (Å²) in [7, 11) is 1.89. The van der Waals surface area contributed by atoms with Gasteiger partial charge in [0.1, 0.15) is 12.3 Å². The van der Waals surface area contributed by atoms with Crippen LogP contribution in [0.1, 0.15) is 39.5 Å². The maximum absolute atomic E-state index is 11.8. The number of ketones is 1. The number of amides is 1. The number of quaternary nitrogens is 1. The number of ether oxygens (including phenoxy) is 1. The van der Waals surface area contributed by atoms with E-state index in [1.165, 1.54) is 6.92 Å². The Morgan fingerprint density at radius 3 is 2.57 bits per heavy atom. The Kier molecular flexibility index (Phi) is 7.64. The molecule has 1 aliphatic rings. The number of esters is 1. The first-order valence-electron chi connectivity index (χ1n) is 8.16. The van der Waals surface area contributed by atoms with Crippen molar-refractivity contribution >= 4 is 17.7 Å². The van der Waals surface area contributed by atoms with Gasteiger partial charge in [-0.2, -0.15) is 0 Å². The molecule has 1 N–H and O–H groups in total. The summed E-state index contributed by atoms with van der Waals surface area (Å²) in [6, 6.07) is 0.239. The number of carbonyl (C=O) groups excluding carboxylic acids is 3. The Hall–Kier alpha value is -1.47. The minimum Gasteiger partial charge on any atom is -0.415 e. The highest BCUT2D eigenvalue weighted by Gasteiger charge is 2.31. The van der Waals surface area contributed by atoms with E-state index in [4.69, 9.17) is 4.74 Å². The van der Waals surface area contributed by atoms with Crippen LogP contribution in [-0.2, 0) is 19.1 Å². The van der Waals surface area contributed by atoms with Gasteiger partial charge in [0, 0.05) is 18.9 Å². The lowest BCUT2D eigenvalue weighted by atomic mass is 10.2. The van der Waals surface area contributed by atoms with Crippen LogP contribution in [0, 0.1) is 0 Å². The highest BCUT2D eigenvalue weighted by molar-refractivity contribution is 5.81. The molecule has 0 bridgehead atoms. The van der Waals surface area contributed by atoms with Crippen LogP contribution < -0.4 is 0 Å². The van der Waals surface area contributed by atoms with Gasteiger partial charge in [-0.3, -0.25) is 14.1 Å². The minimum atomic E-state index is -0.409. The molecule has 2 atom stereocenters. The van der Waals surface area contributed by atoms with Gasteiger partial charge >= 0.3 is 5.97 Å². The summed E-state index contributed by atoms with van der Waals surface area (Å²) >= 11 is 0. The lowest BCUT2D eigenvalue weighted by molar-refractivity contribution is -0.925. The van der Waals surface area contributed by atoms with Crippen molar-refractivity contribution in [1.82, 2.24) is 4.90 Å². The van der Waals surface area contributed by atoms with E-state index in [1.807, 2.05) is 18.9 Å². The number of aliphatic hydroxyl groups is 1. The molecule has 1 heterocycles. The monoisotopic (exact) mass is 329 g/mol. The van der Waals surface area contributed by atoms with Crippen LogP contribution in [0.5, 0.6) is 0 Å². The van der Waals surface area contributed by atoms with Crippen molar-refractivity contribution in [3.8, 4) is 0 Å². The Labute approximate surface area is 137 Å². The third kappa shape index (κ3) is 6.66. The zero-order valence-electron chi connectivity index (χ0n) is 14.4. The average molecular weight is 329 g/mol. The first kappa shape index (κ1) is 19.6. The van der Waals surface area contributed by atoms with Crippen molar-refractivity contribution in [1.29, 1.82) is 0 Å². The maximum Gasteiger partial charge on any atom is 0.310 e. The molecular weight excluding hydrogens is 300 g/mol. The van der Waals surface area contributed by atoms with Crippen LogP contribution in [0.3, 0.4) is 0 Å². The quantitative estimate of drug-likeness (QED) is 0.354. The first-order valence-corrected chi connectivity index (χ1v) is 8.16. The summed E-state index contributed by atoms with van der Waals surface area (Å²) in [5, 5.41) is 9.26. The minimum absolute atomic E-state index is 0.0228. The van der Waals surface area contributed by atoms with Crippen molar-refractivity contribution in [2.45, 2.75) is 45.6 Å². The number of hydrogen-bond donors (Lipinski definition) is 1. The summed E-state index contributed by atoms with van der Waals surface area (Å²) in [4.78, 5) is 36.2. The molecule has 0 aliphatic carbocycles. The number of aliphatic hydroxyl groups excluding tert-OH is 1. The van der Waals surface area contributed by atoms with Crippen molar-refractivity contribution < 1.29 is 28.7 Å². The number of likely N-dealkylation sites (tertiary alicyclic amines) is 1. The van der Waals surface area contributed by atoms with Crippen molar-refractivity contribution in [3.63, 3.8) is 0 Å². The molecule has 0 spiro atoms. The summed E-state index contributed by atoms with van der Waals surface area (Å²) < 4.78 is 5.59. The number of likely N-dealkylation sites (N-methyl/N-ethyl adjacent to an activating group) is 1. The number of hydrogen-bond acceptors (Lipinski definition) is 5. The standard InChI is InChI=1S/C16H29N2O5/c1-13-4-6-15(21)17(13)8-9-18(3,10-11-19)12-23-16(22)7-5-14(2)20/h13,19H,4-12H2,1-3H3/q+1. The predicted octanol–water partition coefficient (Wildman–Crippen LogP) is 0.306. The van der Waals surface area contributed by atoms with Crippen LogP contribution in [0.25, 0.3) is 0 Å². The zero-order chi connectivity index (χ0) is 17.5. The van der Waals surface area contributed by atoms with Crippen LogP contribution in [0.2, 0.25) is 0 Å². The van der Waals surface area contributed by atoms with Gasteiger partial charge in [0.15, 0.2) is 0 Å². The second-order valence-corrected chi connectivity index (χ2v) is 6.61. The van der Waals surface area contributed by atoms with E-state index >= 15 is 0 Å². The van der Waals surface area contributed by atoms with Crippen LogP contribution in [0.15, 0.2) is 0 Å². The largest absolute Gasteiger partial charge is 0.415 e. The molecule has 1 amide bonds. The van der Waals surface area contributed by atoms with Gasteiger partial charge in [0.2, 0.25) is 12.6 Å². The zero-order valence-corrected chi connectivity index (χ0v) is 14.4. The molecule has 1 fully saturated rings. The summed E-state index contributed by atoms with van der Waals surface area (Å²) in [6.07, 6.45) is 1.73. The van der Waals surface area contributed by atoms with Gasteiger partial charge in [-0.25, -0.2) is 0 Å². The molecule has 1 aliphatic heterocycles. The van der Waals surface area contributed by atoms with Crippen LogP contribution in [-0.4, -0.2) is 78.2 Å². The second-order valence-electron chi connectivity index (χ2n) is 6.61. The second kappa shape index (κ2) is 8.98. The lowest BCUT2D eigenvalue weighted by Gasteiger charge is -2.35. The van der Waals surface area contributed by atoms with E-state index in [-0.39, 0.29) is 43.9 Å². The summed E-state index contributed by atoms with van der Waals surface area (Å²) in [5.41, 5.74) is 0. The fourth-order valence-corrected chi connectivity index (χ4v) is 2.63. The van der Waals surface area contributed by atoms with Gasteiger partial charge in [0.05, 0.1) is 33.2 Å². The fraction of sp³-hybridized carbons (Fsp3) is 0.812. The van der Waals surface area contributed by atoms with Gasteiger partial charge in [-0.1, -0.05) is 0 Å².